The topological polar surface area (TPSA) is 75.6 Å². The van der Waals surface area contributed by atoms with E-state index >= 15 is 0 Å². The molecule has 96 valence electrons. The van der Waals surface area contributed by atoms with Gasteiger partial charge in [0, 0.05) is 0 Å². The Bertz CT molecular complexity index is 361. The summed E-state index contributed by atoms with van der Waals surface area (Å²) in [7, 11) is 0. The molecule has 1 amide bonds. The first-order valence-corrected chi connectivity index (χ1v) is 5.95. The third kappa shape index (κ3) is 1.68. The van der Waals surface area contributed by atoms with Crippen LogP contribution in [0.4, 0.5) is 4.79 Å². The lowest BCUT2D eigenvalue weighted by molar-refractivity contribution is -0.187. The molecule has 0 aromatic heterocycles. The summed E-state index contributed by atoms with van der Waals surface area (Å²) in [5.41, 5.74) is -1.84. The number of hydrogen-bond donors (Lipinski definition) is 2. The molecule has 0 radical (unpaired) electrons. The molecule has 0 saturated heterocycles. The van der Waals surface area contributed by atoms with Crippen LogP contribution in [0.5, 0.6) is 0 Å². The summed E-state index contributed by atoms with van der Waals surface area (Å²) >= 11 is 0. The molecule has 5 nitrogen and oxygen atoms in total. The Kier molecular flexibility index (Phi) is 2.42. The molecule has 17 heavy (non-hydrogen) atoms. The van der Waals surface area contributed by atoms with Crippen LogP contribution in [0.2, 0.25) is 0 Å². The molecule has 0 unspecified atom stereocenters. The van der Waals surface area contributed by atoms with E-state index in [-0.39, 0.29) is 0 Å². The van der Waals surface area contributed by atoms with E-state index in [1.165, 1.54) is 0 Å². The van der Waals surface area contributed by atoms with Gasteiger partial charge in [-0.25, -0.2) is 4.79 Å². The Morgan fingerprint density at radius 3 is 2.00 bits per heavy atom. The lowest BCUT2D eigenvalue weighted by Crippen LogP contribution is -2.76. The van der Waals surface area contributed by atoms with Crippen LogP contribution in [-0.4, -0.2) is 28.3 Å². The highest BCUT2D eigenvalue weighted by Crippen LogP contribution is 2.64. The molecule has 2 N–H and O–H groups in total. The summed E-state index contributed by atoms with van der Waals surface area (Å²) in [6.45, 7) is 5.36. The first-order chi connectivity index (χ1) is 7.71. The Labute approximate surface area is 101 Å². The summed E-state index contributed by atoms with van der Waals surface area (Å²) in [5, 5.41) is 12.0. The average molecular weight is 241 g/mol. The predicted octanol–water partition coefficient (Wildman–Crippen LogP) is 1.91. The molecule has 2 saturated carbocycles. The monoisotopic (exact) mass is 241 g/mol. The van der Waals surface area contributed by atoms with E-state index < -0.39 is 28.6 Å². The second-order valence-corrected chi connectivity index (χ2v) is 6.10. The molecule has 0 aromatic rings. The van der Waals surface area contributed by atoms with Crippen molar-refractivity contribution in [2.75, 3.05) is 0 Å². The Balaban J connectivity index is 2.01. The van der Waals surface area contributed by atoms with Gasteiger partial charge >= 0.3 is 12.1 Å². The zero-order chi connectivity index (χ0) is 12.9. The molecule has 0 spiro atoms. The smallest absolute Gasteiger partial charge is 0.408 e. The van der Waals surface area contributed by atoms with E-state index in [4.69, 9.17) is 4.74 Å². The second-order valence-electron chi connectivity index (χ2n) is 6.10. The fraction of sp³-hybridized carbons (Fsp3) is 0.833. The normalized spacial score (nSPS) is 35.0. The van der Waals surface area contributed by atoms with Gasteiger partial charge in [0.25, 0.3) is 0 Å². The van der Waals surface area contributed by atoms with Crippen molar-refractivity contribution in [2.24, 2.45) is 5.41 Å². The highest BCUT2D eigenvalue weighted by atomic mass is 16.6. The summed E-state index contributed by atoms with van der Waals surface area (Å²) < 4.78 is 5.17. The molecule has 2 rings (SSSR count). The quantitative estimate of drug-likeness (QED) is 0.774. The van der Waals surface area contributed by atoms with Gasteiger partial charge in [-0.3, -0.25) is 4.79 Å². The summed E-state index contributed by atoms with van der Waals surface area (Å²) in [4.78, 5) is 22.9. The average Bonchev–Trinajstić information content (AvgIpc) is 2.12. The van der Waals surface area contributed by atoms with Crippen molar-refractivity contribution in [1.82, 2.24) is 5.32 Å². The number of carboxylic acids is 1. The van der Waals surface area contributed by atoms with Gasteiger partial charge in [0.15, 0.2) is 0 Å². The van der Waals surface area contributed by atoms with Crippen molar-refractivity contribution < 1.29 is 19.4 Å². The van der Waals surface area contributed by atoms with Crippen LogP contribution in [0.3, 0.4) is 0 Å². The lowest BCUT2D eigenvalue weighted by atomic mass is 9.42. The van der Waals surface area contributed by atoms with E-state index in [9.17, 15) is 14.7 Å². The summed E-state index contributed by atoms with van der Waals surface area (Å²) in [6.07, 6.45) is 2.26. The molecular formula is C12H19NO4. The molecule has 0 heterocycles. The molecule has 2 fully saturated rings. The fourth-order valence-corrected chi connectivity index (χ4v) is 2.87. The molecule has 2 aliphatic carbocycles. The molecule has 2 aliphatic rings. The van der Waals surface area contributed by atoms with E-state index in [0.717, 1.165) is 12.8 Å². The summed E-state index contributed by atoms with van der Waals surface area (Å²) in [6, 6.07) is 0. The van der Waals surface area contributed by atoms with E-state index in [0.29, 0.717) is 12.8 Å². The molecule has 5 heteroatoms. The van der Waals surface area contributed by atoms with Crippen molar-refractivity contribution in [1.29, 1.82) is 0 Å². The molecule has 0 bridgehead atoms. The molecule has 0 atom stereocenters. The Morgan fingerprint density at radius 2 is 1.71 bits per heavy atom. The van der Waals surface area contributed by atoms with Crippen LogP contribution in [-0.2, 0) is 9.53 Å². The van der Waals surface area contributed by atoms with Crippen LogP contribution < -0.4 is 5.32 Å². The first kappa shape index (κ1) is 12.2. The molecular weight excluding hydrogens is 222 g/mol. The number of carboxylic acid groups (broad SMARTS) is 1. The van der Waals surface area contributed by atoms with Gasteiger partial charge in [0.1, 0.15) is 5.60 Å². The first-order valence-electron chi connectivity index (χ1n) is 5.95. The number of amides is 1. The third-order valence-corrected chi connectivity index (χ3v) is 4.02. The van der Waals surface area contributed by atoms with Crippen molar-refractivity contribution >= 4 is 12.1 Å². The number of alkyl carbamates (subject to hydrolysis) is 1. The molecule has 0 aromatic carbocycles. The minimum Gasteiger partial charge on any atom is -0.481 e. The number of hydrogen-bond acceptors (Lipinski definition) is 3. The maximum absolute atomic E-state index is 11.7. The van der Waals surface area contributed by atoms with Crippen LogP contribution in [0.15, 0.2) is 0 Å². The number of nitrogens with one attached hydrogen (secondary N) is 1. The number of rotatable bonds is 2. The van der Waals surface area contributed by atoms with E-state index in [2.05, 4.69) is 5.32 Å². The van der Waals surface area contributed by atoms with Gasteiger partial charge in [-0.1, -0.05) is 0 Å². The van der Waals surface area contributed by atoms with Crippen molar-refractivity contribution in [3.8, 4) is 0 Å². The van der Waals surface area contributed by atoms with Crippen LogP contribution in [0, 0.1) is 5.41 Å². The zero-order valence-electron chi connectivity index (χ0n) is 10.5. The highest BCUT2D eigenvalue weighted by molar-refractivity contribution is 5.82. The van der Waals surface area contributed by atoms with E-state index in [1.54, 1.807) is 20.8 Å². The Morgan fingerprint density at radius 1 is 1.18 bits per heavy atom. The predicted molar refractivity (Wildman–Crippen MR) is 60.6 cm³/mol. The SMILES string of the molecule is CC(C)(C)OC(=O)NC12CCC1(C(=O)O)CC2. The highest BCUT2D eigenvalue weighted by Gasteiger charge is 2.71. The van der Waals surface area contributed by atoms with Crippen LogP contribution in [0.25, 0.3) is 0 Å². The van der Waals surface area contributed by atoms with Gasteiger partial charge in [-0.15, -0.1) is 0 Å². The molecule has 0 aliphatic heterocycles. The summed E-state index contributed by atoms with van der Waals surface area (Å²) in [5.74, 6) is -0.800. The zero-order valence-corrected chi connectivity index (χ0v) is 10.5. The number of aliphatic carboxylic acids is 1. The van der Waals surface area contributed by atoms with Crippen LogP contribution >= 0.6 is 0 Å². The standard InChI is InChI=1S/C12H19NO4/c1-10(2,3)17-9(16)13-12-6-4-11(12,5-7-12)8(14)15/h4-7H2,1-3H3,(H,13,16)(H,14,15). The third-order valence-electron chi connectivity index (χ3n) is 4.02. The lowest BCUT2D eigenvalue weighted by Gasteiger charge is -2.65. The minimum atomic E-state index is -0.800. The number of ether oxygens (including phenoxy) is 1. The Hall–Kier alpha value is -1.26. The van der Waals surface area contributed by atoms with Crippen molar-refractivity contribution in [3.63, 3.8) is 0 Å². The maximum Gasteiger partial charge on any atom is 0.408 e. The maximum atomic E-state index is 11.7. The second kappa shape index (κ2) is 3.37. The van der Waals surface area contributed by atoms with Gasteiger partial charge in [-0.05, 0) is 46.5 Å². The number of carbonyl (C=O) groups is 2. The van der Waals surface area contributed by atoms with Gasteiger partial charge < -0.3 is 15.2 Å². The number of fused-ring (bicyclic) bond motifs is 1. The van der Waals surface area contributed by atoms with Gasteiger partial charge in [-0.2, -0.15) is 0 Å². The number of carbonyl (C=O) groups excluding carboxylic acids is 1. The van der Waals surface area contributed by atoms with Gasteiger partial charge in [0.05, 0.1) is 11.0 Å². The van der Waals surface area contributed by atoms with Crippen molar-refractivity contribution in [3.05, 3.63) is 0 Å². The van der Waals surface area contributed by atoms with Crippen molar-refractivity contribution in [2.45, 2.75) is 57.6 Å². The largest absolute Gasteiger partial charge is 0.481 e. The fourth-order valence-electron chi connectivity index (χ4n) is 2.87. The van der Waals surface area contributed by atoms with Gasteiger partial charge in [0.2, 0.25) is 0 Å². The van der Waals surface area contributed by atoms with E-state index in [1.807, 2.05) is 0 Å². The van der Waals surface area contributed by atoms with Crippen LogP contribution in [0.1, 0.15) is 46.5 Å². The minimum absolute atomic E-state index is 0.512.